The summed E-state index contributed by atoms with van der Waals surface area (Å²) in [6, 6.07) is 7.25. The topological polar surface area (TPSA) is 70.3 Å². The molecule has 0 radical (unpaired) electrons. The predicted molar refractivity (Wildman–Crippen MR) is 79.5 cm³/mol. The second kappa shape index (κ2) is 7.32. The maximum absolute atomic E-state index is 11.8. The van der Waals surface area contributed by atoms with Crippen LogP contribution in [0.15, 0.2) is 24.3 Å². The summed E-state index contributed by atoms with van der Waals surface area (Å²) in [5.41, 5.74) is 1.63. The van der Waals surface area contributed by atoms with Crippen molar-refractivity contribution in [1.82, 2.24) is 0 Å². The van der Waals surface area contributed by atoms with E-state index in [2.05, 4.69) is 20.8 Å². The predicted octanol–water partition coefficient (Wildman–Crippen LogP) is 2.72. The normalized spacial score (nSPS) is 12.6. The van der Waals surface area contributed by atoms with Crippen LogP contribution in [-0.2, 0) is 10.2 Å². The molecular weight excluding hydrogens is 274 g/mol. The Morgan fingerprint density at radius 2 is 2.00 bits per heavy atom. The number of thioether (sulfide) groups is 1. The molecule has 1 unspecified atom stereocenters. The standard InChI is InChI=1S/C15H19NO3S/c1-15(2,3)12-6-4-11(5-7-12)14(18)19-8-13(17)9-20-10-16/h4-7,13,17H,8-9H2,1-3H3. The summed E-state index contributed by atoms with van der Waals surface area (Å²) in [5, 5.41) is 19.7. The average molecular weight is 293 g/mol. The van der Waals surface area contributed by atoms with Gasteiger partial charge in [-0.05, 0) is 34.9 Å². The van der Waals surface area contributed by atoms with E-state index in [1.165, 1.54) is 0 Å². The molecule has 4 nitrogen and oxygen atoms in total. The number of esters is 1. The van der Waals surface area contributed by atoms with E-state index in [1.807, 2.05) is 17.5 Å². The number of rotatable bonds is 5. The summed E-state index contributed by atoms with van der Waals surface area (Å²) in [6.45, 7) is 6.20. The van der Waals surface area contributed by atoms with Crippen LogP contribution < -0.4 is 0 Å². The zero-order valence-electron chi connectivity index (χ0n) is 11.9. The van der Waals surface area contributed by atoms with E-state index >= 15 is 0 Å². The number of hydrogen-bond donors (Lipinski definition) is 1. The Balaban J connectivity index is 2.54. The van der Waals surface area contributed by atoms with Crippen molar-refractivity contribution in [3.63, 3.8) is 0 Å². The van der Waals surface area contributed by atoms with Gasteiger partial charge in [0, 0.05) is 5.75 Å². The van der Waals surface area contributed by atoms with Crippen molar-refractivity contribution in [3.8, 4) is 5.40 Å². The van der Waals surface area contributed by atoms with Gasteiger partial charge in [0.1, 0.15) is 12.0 Å². The Hall–Kier alpha value is -1.51. The molecule has 0 saturated carbocycles. The SMILES string of the molecule is CC(C)(C)c1ccc(C(=O)OCC(O)CSC#N)cc1. The van der Waals surface area contributed by atoms with Gasteiger partial charge >= 0.3 is 5.97 Å². The highest BCUT2D eigenvalue weighted by atomic mass is 32.2. The number of benzene rings is 1. The Labute approximate surface area is 123 Å². The molecule has 0 fully saturated rings. The largest absolute Gasteiger partial charge is 0.459 e. The molecule has 1 rings (SSSR count). The van der Waals surface area contributed by atoms with Crippen LogP contribution in [0.4, 0.5) is 0 Å². The van der Waals surface area contributed by atoms with Crippen LogP contribution >= 0.6 is 11.8 Å². The van der Waals surface area contributed by atoms with Crippen LogP contribution in [0.5, 0.6) is 0 Å². The van der Waals surface area contributed by atoms with Gasteiger partial charge < -0.3 is 9.84 Å². The maximum atomic E-state index is 11.8. The quantitative estimate of drug-likeness (QED) is 0.667. The van der Waals surface area contributed by atoms with Crippen LogP contribution in [0.2, 0.25) is 0 Å². The molecule has 0 aliphatic carbocycles. The molecule has 0 spiro atoms. The Bertz CT molecular complexity index is 485. The van der Waals surface area contributed by atoms with E-state index in [0.717, 1.165) is 17.3 Å². The van der Waals surface area contributed by atoms with E-state index in [-0.39, 0.29) is 17.8 Å². The molecule has 0 aliphatic heterocycles. The smallest absolute Gasteiger partial charge is 0.338 e. The third kappa shape index (κ3) is 5.24. The number of nitrogens with zero attached hydrogens (tertiary/aromatic N) is 1. The van der Waals surface area contributed by atoms with Crippen molar-refractivity contribution in [2.45, 2.75) is 32.3 Å². The van der Waals surface area contributed by atoms with Crippen molar-refractivity contribution < 1.29 is 14.6 Å². The second-order valence-corrected chi connectivity index (χ2v) is 6.29. The summed E-state index contributed by atoms with van der Waals surface area (Å²) in [7, 11) is 0. The third-order valence-electron chi connectivity index (χ3n) is 2.73. The molecule has 0 amide bonds. The van der Waals surface area contributed by atoms with Gasteiger partial charge in [-0.25, -0.2) is 4.79 Å². The Kier molecular flexibility index (Phi) is 6.05. The van der Waals surface area contributed by atoms with Gasteiger partial charge in [-0.15, -0.1) is 0 Å². The molecule has 5 heteroatoms. The number of carbonyl (C=O) groups is 1. The fraction of sp³-hybridized carbons (Fsp3) is 0.467. The fourth-order valence-corrected chi connectivity index (χ4v) is 1.91. The lowest BCUT2D eigenvalue weighted by Gasteiger charge is -2.19. The molecule has 108 valence electrons. The first-order valence-electron chi connectivity index (χ1n) is 6.31. The van der Waals surface area contributed by atoms with Crippen molar-refractivity contribution in [2.75, 3.05) is 12.4 Å². The molecule has 1 aromatic carbocycles. The number of ether oxygens (including phenoxy) is 1. The first kappa shape index (κ1) is 16.5. The van der Waals surface area contributed by atoms with Crippen molar-refractivity contribution >= 4 is 17.7 Å². The lowest BCUT2D eigenvalue weighted by Crippen LogP contribution is -2.20. The fourth-order valence-electron chi connectivity index (χ4n) is 1.54. The molecule has 20 heavy (non-hydrogen) atoms. The molecular formula is C15H19NO3S. The highest BCUT2D eigenvalue weighted by molar-refractivity contribution is 8.03. The minimum absolute atomic E-state index is 0.0349. The zero-order chi connectivity index (χ0) is 15.2. The van der Waals surface area contributed by atoms with E-state index in [1.54, 1.807) is 12.1 Å². The Morgan fingerprint density at radius 1 is 1.40 bits per heavy atom. The van der Waals surface area contributed by atoms with Crippen LogP contribution in [-0.4, -0.2) is 29.5 Å². The lowest BCUT2D eigenvalue weighted by atomic mass is 9.87. The van der Waals surface area contributed by atoms with Crippen molar-refractivity contribution in [1.29, 1.82) is 5.26 Å². The van der Waals surface area contributed by atoms with Crippen molar-refractivity contribution in [3.05, 3.63) is 35.4 Å². The van der Waals surface area contributed by atoms with E-state index in [4.69, 9.17) is 10.00 Å². The van der Waals surface area contributed by atoms with Gasteiger partial charge in [0.2, 0.25) is 0 Å². The van der Waals surface area contributed by atoms with Gasteiger partial charge in [-0.3, -0.25) is 0 Å². The molecule has 0 aliphatic rings. The van der Waals surface area contributed by atoms with Crippen LogP contribution in [0.1, 0.15) is 36.7 Å². The molecule has 0 heterocycles. The monoisotopic (exact) mass is 293 g/mol. The first-order valence-corrected chi connectivity index (χ1v) is 7.29. The zero-order valence-corrected chi connectivity index (χ0v) is 12.7. The van der Waals surface area contributed by atoms with E-state index in [0.29, 0.717) is 5.56 Å². The van der Waals surface area contributed by atoms with Crippen LogP contribution in [0.3, 0.4) is 0 Å². The number of aliphatic hydroxyl groups excluding tert-OH is 1. The second-order valence-electron chi connectivity index (χ2n) is 5.48. The molecule has 0 aromatic heterocycles. The number of aliphatic hydroxyl groups is 1. The van der Waals surface area contributed by atoms with Gasteiger partial charge in [0.15, 0.2) is 0 Å². The van der Waals surface area contributed by atoms with Crippen molar-refractivity contribution in [2.24, 2.45) is 0 Å². The molecule has 0 saturated heterocycles. The minimum atomic E-state index is -0.822. The summed E-state index contributed by atoms with van der Waals surface area (Å²) >= 11 is 0.933. The average Bonchev–Trinajstić information content (AvgIpc) is 2.41. The molecule has 1 N–H and O–H groups in total. The molecule has 0 bridgehead atoms. The van der Waals surface area contributed by atoms with Crippen LogP contribution in [0.25, 0.3) is 0 Å². The summed E-state index contributed by atoms with van der Waals surface area (Å²) in [4.78, 5) is 11.8. The minimum Gasteiger partial charge on any atom is -0.459 e. The number of nitriles is 1. The highest BCUT2D eigenvalue weighted by Gasteiger charge is 2.15. The summed E-state index contributed by atoms with van der Waals surface area (Å²) in [6.07, 6.45) is -0.822. The number of thiocyanates is 1. The van der Waals surface area contributed by atoms with E-state index < -0.39 is 12.1 Å². The number of carbonyl (C=O) groups excluding carboxylic acids is 1. The summed E-state index contributed by atoms with van der Waals surface area (Å²) in [5.74, 6) is -0.237. The first-order chi connectivity index (χ1) is 9.34. The molecule has 1 atom stereocenters. The molecule has 1 aromatic rings. The summed E-state index contributed by atoms with van der Waals surface area (Å²) < 4.78 is 5.00. The maximum Gasteiger partial charge on any atom is 0.338 e. The number of hydrogen-bond acceptors (Lipinski definition) is 5. The Morgan fingerprint density at radius 3 is 2.50 bits per heavy atom. The van der Waals surface area contributed by atoms with Gasteiger partial charge in [0.05, 0.1) is 11.7 Å². The van der Waals surface area contributed by atoms with Crippen LogP contribution in [0, 0.1) is 10.7 Å². The van der Waals surface area contributed by atoms with Gasteiger partial charge in [-0.1, -0.05) is 32.9 Å². The third-order valence-corrected chi connectivity index (χ3v) is 3.41. The highest BCUT2D eigenvalue weighted by Crippen LogP contribution is 2.22. The van der Waals surface area contributed by atoms with Gasteiger partial charge in [-0.2, -0.15) is 5.26 Å². The van der Waals surface area contributed by atoms with E-state index in [9.17, 15) is 9.90 Å². The lowest BCUT2D eigenvalue weighted by molar-refractivity contribution is 0.0305. The van der Waals surface area contributed by atoms with Gasteiger partial charge in [0.25, 0.3) is 0 Å².